The second-order valence-electron chi connectivity index (χ2n) is 4.66. The molecule has 0 spiro atoms. The van der Waals surface area contributed by atoms with Crippen molar-refractivity contribution in [1.29, 1.82) is 0 Å². The molecule has 1 amide bonds. The monoisotopic (exact) mass is 383 g/mol. The number of amides is 1. The van der Waals surface area contributed by atoms with Crippen LogP contribution in [-0.4, -0.2) is 29.3 Å². The van der Waals surface area contributed by atoms with Gasteiger partial charge in [0, 0.05) is 5.02 Å². The molecule has 0 saturated carbocycles. The molecule has 0 saturated heterocycles. The number of halogens is 2. The first-order valence-electron chi connectivity index (χ1n) is 6.67. The van der Waals surface area contributed by atoms with E-state index in [2.05, 4.69) is 10.5 Å². The van der Waals surface area contributed by atoms with Crippen LogP contribution in [-0.2, 0) is 0 Å². The molecule has 0 aliphatic rings. The van der Waals surface area contributed by atoms with Crippen LogP contribution in [0.25, 0.3) is 0 Å². The van der Waals surface area contributed by atoms with Gasteiger partial charge in [-0.2, -0.15) is 5.10 Å². The Morgan fingerprint density at radius 3 is 2.68 bits per heavy atom. The predicted octanol–water partition coefficient (Wildman–Crippen LogP) is 3.38. The second kappa shape index (κ2) is 7.82. The van der Waals surface area contributed by atoms with Crippen molar-refractivity contribution in [2.45, 2.75) is 0 Å². The fraction of sp³-hybridized carbons (Fsp3) is 0.0667. The number of benzene rings is 2. The molecule has 0 unspecified atom stereocenters. The van der Waals surface area contributed by atoms with Gasteiger partial charge in [-0.1, -0.05) is 23.2 Å². The smallest absolute Gasteiger partial charge is 0.282 e. The third kappa shape index (κ3) is 4.37. The number of aromatic hydroxyl groups is 1. The maximum absolute atomic E-state index is 12.0. The number of carbonyl (C=O) groups excluding carboxylic acids is 1. The number of ether oxygens (including phenoxy) is 1. The molecule has 0 atom stereocenters. The molecule has 0 fully saturated rings. The number of nitro groups is 1. The summed E-state index contributed by atoms with van der Waals surface area (Å²) in [5.74, 6) is -0.985. The quantitative estimate of drug-likeness (QED) is 0.466. The highest BCUT2D eigenvalue weighted by Gasteiger charge is 2.17. The number of hydrogen-bond acceptors (Lipinski definition) is 6. The van der Waals surface area contributed by atoms with Gasteiger partial charge in [0.05, 0.1) is 40.5 Å². The highest BCUT2D eigenvalue weighted by atomic mass is 35.5. The molecule has 0 aliphatic carbocycles. The highest BCUT2D eigenvalue weighted by Crippen LogP contribution is 2.32. The lowest BCUT2D eigenvalue weighted by molar-refractivity contribution is -0.385. The van der Waals surface area contributed by atoms with Crippen molar-refractivity contribution in [2.24, 2.45) is 5.10 Å². The van der Waals surface area contributed by atoms with Crippen LogP contribution in [0, 0.1) is 10.1 Å². The van der Waals surface area contributed by atoms with E-state index >= 15 is 0 Å². The minimum atomic E-state index is -0.665. The van der Waals surface area contributed by atoms with Crippen molar-refractivity contribution in [1.82, 2.24) is 5.43 Å². The van der Waals surface area contributed by atoms with Crippen LogP contribution in [0.5, 0.6) is 11.5 Å². The lowest BCUT2D eigenvalue weighted by Gasteiger charge is -2.05. The molecule has 130 valence electrons. The number of nitro benzene ring substituents is 1. The van der Waals surface area contributed by atoms with Gasteiger partial charge >= 0.3 is 0 Å². The largest absolute Gasteiger partial charge is 0.504 e. The van der Waals surface area contributed by atoms with Gasteiger partial charge < -0.3 is 9.84 Å². The average Bonchev–Trinajstić information content (AvgIpc) is 2.54. The van der Waals surface area contributed by atoms with E-state index < -0.39 is 10.8 Å². The van der Waals surface area contributed by atoms with Gasteiger partial charge in [0.15, 0.2) is 11.5 Å². The molecule has 8 nitrogen and oxygen atoms in total. The fourth-order valence-electron chi connectivity index (χ4n) is 1.89. The maximum Gasteiger partial charge on any atom is 0.282 e. The van der Waals surface area contributed by atoms with Gasteiger partial charge in [0.2, 0.25) is 0 Å². The second-order valence-corrected chi connectivity index (χ2v) is 5.51. The van der Waals surface area contributed by atoms with Crippen LogP contribution in [0.4, 0.5) is 5.69 Å². The number of hydrogen-bond donors (Lipinski definition) is 2. The number of nitrogens with one attached hydrogen (secondary N) is 1. The van der Waals surface area contributed by atoms with Crippen LogP contribution in [0.1, 0.15) is 15.9 Å². The van der Waals surface area contributed by atoms with E-state index in [1.54, 1.807) is 0 Å². The number of nitrogens with zero attached hydrogens (tertiary/aromatic N) is 2. The van der Waals surface area contributed by atoms with Crippen LogP contribution in [0.2, 0.25) is 10.0 Å². The fourth-order valence-corrected chi connectivity index (χ4v) is 2.39. The van der Waals surface area contributed by atoms with E-state index in [-0.39, 0.29) is 33.3 Å². The molecular weight excluding hydrogens is 373 g/mol. The SMILES string of the molecule is COc1cc([N+](=O)[O-])c(/C=N/NC(=O)c2ccc(Cl)cc2Cl)cc1O. The first-order chi connectivity index (χ1) is 11.8. The minimum absolute atomic E-state index is 0.0224. The normalized spacial score (nSPS) is 10.7. The van der Waals surface area contributed by atoms with Gasteiger partial charge in [0.25, 0.3) is 11.6 Å². The van der Waals surface area contributed by atoms with E-state index in [4.69, 9.17) is 27.9 Å². The topological polar surface area (TPSA) is 114 Å². The highest BCUT2D eigenvalue weighted by molar-refractivity contribution is 6.36. The van der Waals surface area contributed by atoms with Gasteiger partial charge in [-0.15, -0.1) is 0 Å². The molecule has 2 aromatic carbocycles. The number of rotatable bonds is 5. The number of phenols is 1. The van der Waals surface area contributed by atoms with Crippen molar-refractivity contribution in [3.05, 3.63) is 61.6 Å². The van der Waals surface area contributed by atoms with E-state index in [0.29, 0.717) is 5.02 Å². The van der Waals surface area contributed by atoms with Gasteiger partial charge in [0.1, 0.15) is 0 Å². The van der Waals surface area contributed by atoms with Gasteiger partial charge in [-0.05, 0) is 24.3 Å². The Hall–Kier alpha value is -2.84. The van der Waals surface area contributed by atoms with Crippen LogP contribution >= 0.6 is 23.2 Å². The Morgan fingerprint density at radius 1 is 1.36 bits per heavy atom. The van der Waals surface area contributed by atoms with Gasteiger partial charge in [-0.3, -0.25) is 14.9 Å². The lowest BCUT2D eigenvalue weighted by atomic mass is 10.1. The summed E-state index contributed by atoms with van der Waals surface area (Å²) in [5, 5.41) is 25.0. The Bertz CT molecular complexity index is 870. The van der Waals surface area contributed by atoms with E-state index in [9.17, 15) is 20.0 Å². The molecular formula is C15H11Cl2N3O5. The van der Waals surface area contributed by atoms with Crippen molar-refractivity contribution in [2.75, 3.05) is 7.11 Å². The summed E-state index contributed by atoms with van der Waals surface area (Å²) >= 11 is 11.7. The zero-order valence-corrected chi connectivity index (χ0v) is 14.2. The molecule has 25 heavy (non-hydrogen) atoms. The Balaban J connectivity index is 2.23. The Labute approximate surface area is 151 Å². The van der Waals surface area contributed by atoms with Crippen molar-refractivity contribution in [3.63, 3.8) is 0 Å². The molecule has 0 radical (unpaired) electrons. The van der Waals surface area contributed by atoms with Crippen molar-refractivity contribution in [3.8, 4) is 11.5 Å². The Morgan fingerprint density at radius 2 is 2.08 bits per heavy atom. The zero-order chi connectivity index (χ0) is 18.6. The summed E-state index contributed by atoms with van der Waals surface area (Å²) in [7, 11) is 1.27. The number of hydrazone groups is 1. The first-order valence-corrected chi connectivity index (χ1v) is 7.43. The molecule has 2 aromatic rings. The van der Waals surface area contributed by atoms with Crippen LogP contribution in [0.3, 0.4) is 0 Å². The number of methoxy groups -OCH3 is 1. The van der Waals surface area contributed by atoms with E-state index in [1.165, 1.54) is 25.3 Å². The molecule has 10 heteroatoms. The van der Waals surface area contributed by atoms with Crippen molar-refractivity contribution < 1.29 is 19.6 Å². The lowest BCUT2D eigenvalue weighted by Crippen LogP contribution is -2.18. The average molecular weight is 384 g/mol. The van der Waals surface area contributed by atoms with E-state index in [1.807, 2.05) is 0 Å². The van der Waals surface area contributed by atoms with Crippen LogP contribution < -0.4 is 10.2 Å². The summed E-state index contributed by atoms with van der Waals surface area (Å²) in [4.78, 5) is 22.4. The summed E-state index contributed by atoms with van der Waals surface area (Å²) < 4.78 is 4.82. The summed E-state index contributed by atoms with van der Waals surface area (Å²) in [6, 6.07) is 6.44. The molecule has 0 heterocycles. The Kier molecular flexibility index (Phi) is 5.79. The molecule has 0 bridgehead atoms. The maximum atomic E-state index is 12.0. The molecule has 2 rings (SSSR count). The number of carbonyl (C=O) groups is 1. The first kappa shape index (κ1) is 18.5. The van der Waals surface area contributed by atoms with Gasteiger partial charge in [-0.25, -0.2) is 5.43 Å². The third-order valence-electron chi connectivity index (χ3n) is 3.07. The summed E-state index contributed by atoms with van der Waals surface area (Å²) in [6.45, 7) is 0. The number of phenolic OH excluding ortho intramolecular Hbond substituents is 1. The molecule has 2 N–H and O–H groups in total. The van der Waals surface area contributed by atoms with Crippen LogP contribution in [0.15, 0.2) is 35.4 Å². The summed E-state index contributed by atoms with van der Waals surface area (Å²) in [5.41, 5.74) is 1.95. The predicted molar refractivity (Wildman–Crippen MR) is 92.8 cm³/mol. The zero-order valence-electron chi connectivity index (χ0n) is 12.7. The molecule has 0 aromatic heterocycles. The van der Waals surface area contributed by atoms with Crippen molar-refractivity contribution >= 4 is 41.0 Å². The van der Waals surface area contributed by atoms with E-state index in [0.717, 1.165) is 18.3 Å². The molecule has 0 aliphatic heterocycles. The third-order valence-corrected chi connectivity index (χ3v) is 3.62. The minimum Gasteiger partial charge on any atom is -0.504 e. The standard InChI is InChI=1S/C15H11Cl2N3O5/c1-25-14-6-12(20(23)24)8(4-13(14)21)7-18-19-15(22)10-3-2-9(16)5-11(10)17/h2-7,21H,1H3,(H,19,22)/b18-7+. The summed E-state index contributed by atoms with van der Waals surface area (Å²) in [6.07, 6.45) is 1.03.